The fraction of sp³-hybridized carbons (Fsp3) is 0.333. The van der Waals surface area contributed by atoms with Crippen LogP contribution < -0.4 is 11.1 Å². The average Bonchev–Trinajstić information content (AvgIpc) is 3.07. The number of nitrogens with one attached hydrogen (secondary N) is 1. The molecule has 1 aliphatic carbocycles. The summed E-state index contributed by atoms with van der Waals surface area (Å²) in [4.78, 5) is 12.1. The number of carbonyl (C=O) groups is 1. The summed E-state index contributed by atoms with van der Waals surface area (Å²) in [5.41, 5.74) is 5.61. The van der Waals surface area contributed by atoms with E-state index >= 15 is 0 Å². The van der Waals surface area contributed by atoms with E-state index < -0.39 is 5.41 Å². The van der Waals surface area contributed by atoms with Crippen molar-refractivity contribution in [3.63, 3.8) is 0 Å². The Morgan fingerprint density at radius 3 is 2.76 bits per heavy atom. The Bertz CT molecular complexity index is 471. The predicted octanol–water partition coefficient (Wildman–Crippen LogP) is 1.51. The molecule has 0 radical (unpaired) electrons. The van der Waals surface area contributed by atoms with Crippen LogP contribution >= 0.6 is 12.2 Å². The molecule has 1 saturated carbocycles. The molecular formula is C12H13FN2OS. The lowest BCUT2D eigenvalue weighted by molar-refractivity contribution is -0.124. The number of hydrogen-bond acceptors (Lipinski definition) is 2. The topological polar surface area (TPSA) is 55.1 Å². The van der Waals surface area contributed by atoms with Gasteiger partial charge in [-0.15, -0.1) is 0 Å². The zero-order chi connectivity index (χ0) is 12.5. The second-order valence-corrected chi connectivity index (χ2v) is 4.70. The van der Waals surface area contributed by atoms with Gasteiger partial charge in [0.05, 0.1) is 10.4 Å². The summed E-state index contributed by atoms with van der Waals surface area (Å²) in [7, 11) is 0. The molecule has 0 spiro atoms. The van der Waals surface area contributed by atoms with Crippen LogP contribution in [0, 0.1) is 11.2 Å². The molecule has 1 aromatic carbocycles. The van der Waals surface area contributed by atoms with Gasteiger partial charge in [-0.1, -0.05) is 24.4 Å². The van der Waals surface area contributed by atoms with Crippen molar-refractivity contribution in [2.45, 2.75) is 19.4 Å². The Morgan fingerprint density at radius 2 is 2.24 bits per heavy atom. The minimum Gasteiger partial charge on any atom is -0.392 e. The summed E-state index contributed by atoms with van der Waals surface area (Å²) in [6.07, 6.45) is 1.41. The Balaban J connectivity index is 1.95. The minimum atomic E-state index is -0.650. The molecule has 90 valence electrons. The van der Waals surface area contributed by atoms with Crippen LogP contribution in [0.1, 0.15) is 18.4 Å². The van der Waals surface area contributed by atoms with Crippen LogP contribution in [0.4, 0.5) is 4.39 Å². The van der Waals surface area contributed by atoms with Crippen LogP contribution in [0.5, 0.6) is 0 Å². The number of halogens is 1. The van der Waals surface area contributed by atoms with Crippen LogP contribution in [-0.2, 0) is 11.3 Å². The summed E-state index contributed by atoms with van der Waals surface area (Å²) < 4.78 is 12.9. The largest absolute Gasteiger partial charge is 0.392 e. The Morgan fingerprint density at radius 1 is 1.53 bits per heavy atom. The highest BCUT2D eigenvalue weighted by atomic mass is 32.1. The second kappa shape index (κ2) is 4.41. The van der Waals surface area contributed by atoms with Crippen LogP contribution in [0.25, 0.3) is 0 Å². The molecule has 0 aliphatic heterocycles. The fourth-order valence-electron chi connectivity index (χ4n) is 1.71. The molecule has 1 amide bonds. The molecular weight excluding hydrogens is 239 g/mol. The molecule has 5 heteroatoms. The van der Waals surface area contributed by atoms with E-state index in [4.69, 9.17) is 18.0 Å². The van der Waals surface area contributed by atoms with Gasteiger partial charge in [-0.3, -0.25) is 4.79 Å². The van der Waals surface area contributed by atoms with Gasteiger partial charge in [0.15, 0.2) is 0 Å². The first-order chi connectivity index (χ1) is 8.04. The number of amides is 1. The highest BCUT2D eigenvalue weighted by molar-refractivity contribution is 7.80. The van der Waals surface area contributed by atoms with Gasteiger partial charge < -0.3 is 11.1 Å². The molecule has 3 nitrogen and oxygen atoms in total. The lowest BCUT2D eigenvalue weighted by Gasteiger charge is -2.13. The molecule has 0 bridgehead atoms. The SMILES string of the molecule is NC(=S)C1(C(=O)NCc2cccc(F)c2)CC1. The first-order valence-electron chi connectivity index (χ1n) is 5.37. The molecule has 0 atom stereocenters. The van der Waals surface area contributed by atoms with E-state index in [9.17, 15) is 9.18 Å². The normalized spacial score (nSPS) is 16.3. The maximum Gasteiger partial charge on any atom is 0.233 e. The molecule has 1 fully saturated rings. The summed E-state index contributed by atoms with van der Waals surface area (Å²) in [5.74, 6) is -0.471. The van der Waals surface area contributed by atoms with Crippen molar-refractivity contribution in [3.05, 3.63) is 35.6 Å². The van der Waals surface area contributed by atoms with E-state index in [-0.39, 0.29) is 16.7 Å². The first kappa shape index (κ1) is 12.0. The number of rotatable bonds is 4. The predicted molar refractivity (Wildman–Crippen MR) is 66.7 cm³/mol. The van der Waals surface area contributed by atoms with Crippen molar-refractivity contribution in [2.24, 2.45) is 11.1 Å². The van der Waals surface area contributed by atoms with Crippen molar-refractivity contribution in [3.8, 4) is 0 Å². The Kier molecular flexibility index (Phi) is 3.11. The molecule has 0 heterocycles. The first-order valence-corrected chi connectivity index (χ1v) is 5.78. The lowest BCUT2D eigenvalue weighted by Crippen LogP contribution is -2.39. The molecule has 3 N–H and O–H groups in total. The van der Waals surface area contributed by atoms with Crippen LogP contribution in [-0.4, -0.2) is 10.9 Å². The summed E-state index contributed by atoms with van der Waals surface area (Å²) >= 11 is 4.88. The van der Waals surface area contributed by atoms with Gasteiger partial charge in [0.2, 0.25) is 5.91 Å². The van der Waals surface area contributed by atoms with Gasteiger partial charge in [-0.2, -0.15) is 0 Å². The third-order valence-electron chi connectivity index (χ3n) is 3.00. The van der Waals surface area contributed by atoms with Crippen molar-refractivity contribution in [2.75, 3.05) is 0 Å². The number of carbonyl (C=O) groups excluding carboxylic acids is 1. The summed E-state index contributed by atoms with van der Waals surface area (Å²) in [5, 5.41) is 2.74. The van der Waals surface area contributed by atoms with Crippen molar-refractivity contribution in [1.29, 1.82) is 0 Å². The maximum atomic E-state index is 12.9. The third kappa shape index (κ3) is 2.44. The number of thiocarbonyl (C=S) groups is 1. The molecule has 0 unspecified atom stereocenters. The van der Waals surface area contributed by atoms with E-state index in [0.29, 0.717) is 19.4 Å². The number of nitrogens with two attached hydrogens (primary N) is 1. The zero-order valence-electron chi connectivity index (χ0n) is 9.20. The number of hydrogen-bond donors (Lipinski definition) is 2. The summed E-state index contributed by atoms with van der Waals surface area (Å²) in [6.45, 7) is 0.293. The quantitative estimate of drug-likeness (QED) is 0.799. The summed E-state index contributed by atoms with van der Waals surface area (Å²) in [6, 6.07) is 6.12. The molecule has 17 heavy (non-hydrogen) atoms. The average molecular weight is 252 g/mol. The van der Waals surface area contributed by atoms with Crippen LogP contribution in [0.15, 0.2) is 24.3 Å². The van der Waals surface area contributed by atoms with Gasteiger partial charge in [0, 0.05) is 6.54 Å². The fourth-order valence-corrected chi connectivity index (χ4v) is 2.01. The van der Waals surface area contributed by atoms with E-state index in [1.807, 2.05) is 0 Å². The minimum absolute atomic E-state index is 0.158. The number of benzene rings is 1. The van der Waals surface area contributed by atoms with Gasteiger partial charge >= 0.3 is 0 Å². The van der Waals surface area contributed by atoms with Crippen molar-refractivity contribution >= 4 is 23.1 Å². The molecule has 1 aromatic rings. The van der Waals surface area contributed by atoms with E-state index in [0.717, 1.165) is 5.56 Å². The highest BCUT2D eigenvalue weighted by Crippen LogP contribution is 2.46. The van der Waals surface area contributed by atoms with Gasteiger partial charge in [0.25, 0.3) is 0 Å². The van der Waals surface area contributed by atoms with E-state index in [1.165, 1.54) is 12.1 Å². The monoisotopic (exact) mass is 252 g/mol. The van der Waals surface area contributed by atoms with Gasteiger partial charge in [-0.25, -0.2) is 4.39 Å². The Hall–Kier alpha value is -1.49. The zero-order valence-corrected chi connectivity index (χ0v) is 10.0. The van der Waals surface area contributed by atoms with E-state index in [2.05, 4.69) is 5.32 Å². The van der Waals surface area contributed by atoms with E-state index in [1.54, 1.807) is 12.1 Å². The molecule has 0 saturated heterocycles. The van der Waals surface area contributed by atoms with Crippen LogP contribution in [0.3, 0.4) is 0 Å². The maximum absolute atomic E-state index is 12.9. The smallest absolute Gasteiger partial charge is 0.233 e. The van der Waals surface area contributed by atoms with Gasteiger partial charge in [-0.05, 0) is 30.5 Å². The third-order valence-corrected chi connectivity index (χ3v) is 3.39. The molecule has 1 aliphatic rings. The van der Waals surface area contributed by atoms with Crippen molar-refractivity contribution in [1.82, 2.24) is 5.32 Å². The van der Waals surface area contributed by atoms with Crippen LogP contribution in [0.2, 0.25) is 0 Å². The Labute approximate surface area is 104 Å². The van der Waals surface area contributed by atoms with Gasteiger partial charge in [0.1, 0.15) is 5.82 Å². The second-order valence-electron chi connectivity index (χ2n) is 4.26. The standard InChI is InChI=1S/C12H13FN2OS/c13-9-3-1-2-8(6-9)7-15-11(16)12(4-5-12)10(14)17/h1-3,6H,4-5,7H2,(H2,14,17)(H,15,16). The molecule has 2 rings (SSSR count). The lowest BCUT2D eigenvalue weighted by atomic mass is 10.1. The highest BCUT2D eigenvalue weighted by Gasteiger charge is 2.52. The van der Waals surface area contributed by atoms with Crippen molar-refractivity contribution < 1.29 is 9.18 Å². The molecule has 0 aromatic heterocycles.